The third-order valence-corrected chi connectivity index (χ3v) is 3.02. The van der Waals surface area contributed by atoms with E-state index in [4.69, 9.17) is 5.73 Å². The van der Waals surface area contributed by atoms with Gasteiger partial charge in [-0.3, -0.25) is 4.79 Å². The van der Waals surface area contributed by atoms with Crippen molar-refractivity contribution in [2.45, 2.75) is 20.4 Å². The largest absolute Gasteiger partial charge is 0.366 e. The average molecular weight is 247 g/mol. The number of benzene rings is 1. The molecular formula is C13H14FN3O. The number of imidazole rings is 1. The van der Waals surface area contributed by atoms with Crippen molar-refractivity contribution in [2.24, 2.45) is 5.73 Å². The van der Waals surface area contributed by atoms with E-state index in [0.717, 1.165) is 17.5 Å². The molecule has 0 aliphatic carbocycles. The first-order valence-electron chi connectivity index (χ1n) is 5.55. The number of rotatable bonds is 3. The first kappa shape index (κ1) is 12.3. The van der Waals surface area contributed by atoms with Gasteiger partial charge in [-0.25, -0.2) is 9.37 Å². The molecule has 1 aromatic carbocycles. The quantitative estimate of drug-likeness (QED) is 0.898. The van der Waals surface area contributed by atoms with Gasteiger partial charge in [0.25, 0.3) is 0 Å². The average Bonchev–Trinajstić information content (AvgIpc) is 2.63. The highest BCUT2D eigenvalue weighted by Gasteiger charge is 2.09. The van der Waals surface area contributed by atoms with E-state index in [2.05, 4.69) is 4.98 Å². The van der Waals surface area contributed by atoms with Crippen molar-refractivity contribution in [3.8, 4) is 0 Å². The molecule has 2 rings (SSSR count). The molecule has 0 unspecified atom stereocenters. The molecule has 0 aliphatic rings. The number of carbonyl (C=O) groups is 1. The second-order valence-electron chi connectivity index (χ2n) is 4.21. The smallest absolute Gasteiger partial charge is 0.248 e. The highest BCUT2D eigenvalue weighted by Crippen LogP contribution is 2.14. The van der Waals surface area contributed by atoms with Crippen LogP contribution in [0.4, 0.5) is 4.39 Å². The molecule has 18 heavy (non-hydrogen) atoms. The molecule has 0 bridgehead atoms. The zero-order valence-electron chi connectivity index (χ0n) is 10.3. The van der Waals surface area contributed by atoms with Crippen LogP contribution in [0.3, 0.4) is 0 Å². The Morgan fingerprint density at radius 1 is 1.44 bits per heavy atom. The lowest BCUT2D eigenvalue weighted by molar-refractivity contribution is 0.1000. The molecule has 5 heteroatoms. The van der Waals surface area contributed by atoms with Gasteiger partial charge in [0, 0.05) is 16.8 Å². The van der Waals surface area contributed by atoms with Crippen molar-refractivity contribution >= 4 is 5.91 Å². The second kappa shape index (κ2) is 4.60. The summed E-state index contributed by atoms with van der Waals surface area (Å²) in [6, 6.07) is 4.26. The maximum Gasteiger partial charge on any atom is 0.248 e. The van der Waals surface area contributed by atoms with Crippen LogP contribution in [0.5, 0.6) is 0 Å². The van der Waals surface area contributed by atoms with E-state index >= 15 is 0 Å². The van der Waals surface area contributed by atoms with Crippen LogP contribution in [0.1, 0.15) is 27.3 Å². The Morgan fingerprint density at radius 2 is 2.17 bits per heavy atom. The molecule has 0 saturated heterocycles. The maximum absolute atomic E-state index is 13.8. The van der Waals surface area contributed by atoms with Gasteiger partial charge in [0.2, 0.25) is 5.91 Å². The van der Waals surface area contributed by atoms with Gasteiger partial charge >= 0.3 is 0 Å². The van der Waals surface area contributed by atoms with Crippen LogP contribution in [0.15, 0.2) is 24.5 Å². The van der Waals surface area contributed by atoms with E-state index in [9.17, 15) is 9.18 Å². The predicted molar refractivity (Wildman–Crippen MR) is 65.7 cm³/mol. The van der Waals surface area contributed by atoms with E-state index in [1.165, 1.54) is 6.07 Å². The molecule has 0 fully saturated rings. The van der Waals surface area contributed by atoms with Crippen molar-refractivity contribution in [1.29, 1.82) is 0 Å². The van der Waals surface area contributed by atoms with Crippen LogP contribution >= 0.6 is 0 Å². The van der Waals surface area contributed by atoms with Gasteiger partial charge in [-0.15, -0.1) is 0 Å². The van der Waals surface area contributed by atoms with Gasteiger partial charge in [0.05, 0.1) is 18.6 Å². The maximum atomic E-state index is 13.8. The molecule has 94 valence electrons. The van der Waals surface area contributed by atoms with Crippen molar-refractivity contribution in [3.05, 3.63) is 52.9 Å². The zero-order valence-corrected chi connectivity index (χ0v) is 10.3. The summed E-state index contributed by atoms with van der Waals surface area (Å²) in [6.07, 6.45) is 1.67. The van der Waals surface area contributed by atoms with Crippen LogP contribution in [-0.4, -0.2) is 15.5 Å². The molecule has 0 saturated carbocycles. The molecule has 1 aromatic heterocycles. The molecule has 1 heterocycles. The number of amides is 1. The number of nitrogens with two attached hydrogens (primary N) is 1. The highest BCUT2D eigenvalue weighted by atomic mass is 19.1. The Hall–Kier alpha value is -2.17. The van der Waals surface area contributed by atoms with Crippen molar-refractivity contribution in [1.82, 2.24) is 9.55 Å². The number of aromatic nitrogens is 2. The fraction of sp³-hybridized carbons (Fsp3) is 0.231. The van der Waals surface area contributed by atoms with Crippen LogP contribution in [0, 0.1) is 19.7 Å². The van der Waals surface area contributed by atoms with Crippen LogP contribution in [0.2, 0.25) is 0 Å². The molecule has 0 spiro atoms. The van der Waals surface area contributed by atoms with E-state index in [0.29, 0.717) is 12.1 Å². The Labute approximate surface area is 104 Å². The van der Waals surface area contributed by atoms with Gasteiger partial charge in [0.15, 0.2) is 0 Å². The molecule has 1 amide bonds. The fourth-order valence-electron chi connectivity index (χ4n) is 1.72. The first-order chi connectivity index (χ1) is 8.49. The van der Waals surface area contributed by atoms with Gasteiger partial charge in [0.1, 0.15) is 5.82 Å². The molecule has 0 atom stereocenters. The normalized spacial score (nSPS) is 10.6. The van der Waals surface area contributed by atoms with Crippen molar-refractivity contribution in [3.63, 3.8) is 0 Å². The Morgan fingerprint density at radius 3 is 2.67 bits per heavy atom. The molecule has 0 aliphatic heterocycles. The van der Waals surface area contributed by atoms with E-state index in [1.807, 2.05) is 18.4 Å². The number of aryl methyl sites for hydroxylation is 1. The van der Waals surface area contributed by atoms with Gasteiger partial charge in [-0.05, 0) is 26.0 Å². The monoisotopic (exact) mass is 247 g/mol. The van der Waals surface area contributed by atoms with E-state index in [1.54, 1.807) is 12.4 Å². The number of carbonyl (C=O) groups excluding carboxylic acids is 1. The molecule has 2 aromatic rings. The lowest BCUT2D eigenvalue weighted by Crippen LogP contribution is -2.12. The van der Waals surface area contributed by atoms with Crippen LogP contribution < -0.4 is 5.73 Å². The highest BCUT2D eigenvalue weighted by molar-refractivity contribution is 5.92. The SMILES string of the molecule is Cc1ncn(Cc2ccc(C(N)=O)cc2F)c1C. The molecular weight excluding hydrogens is 233 g/mol. The van der Waals surface area contributed by atoms with Gasteiger partial charge < -0.3 is 10.3 Å². The molecule has 2 N–H and O–H groups in total. The third kappa shape index (κ3) is 2.25. The topological polar surface area (TPSA) is 60.9 Å². The Kier molecular flexibility index (Phi) is 3.14. The van der Waals surface area contributed by atoms with Crippen molar-refractivity contribution in [2.75, 3.05) is 0 Å². The summed E-state index contributed by atoms with van der Waals surface area (Å²) in [5.41, 5.74) is 7.68. The fourth-order valence-corrected chi connectivity index (χ4v) is 1.72. The Bertz CT molecular complexity index is 604. The summed E-state index contributed by atoms with van der Waals surface area (Å²) >= 11 is 0. The number of hydrogen-bond donors (Lipinski definition) is 1. The van der Waals surface area contributed by atoms with Crippen molar-refractivity contribution < 1.29 is 9.18 Å². The summed E-state index contributed by atoms with van der Waals surface area (Å²) in [5.74, 6) is -1.06. The molecule has 0 radical (unpaired) electrons. The standard InChI is InChI=1S/C13H14FN3O/c1-8-9(2)17(7-16-8)6-11-4-3-10(13(15)18)5-12(11)14/h3-5,7H,6H2,1-2H3,(H2,15,18). The zero-order chi connectivity index (χ0) is 13.3. The van der Waals surface area contributed by atoms with Crippen LogP contribution in [0.25, 0.3) is 0 Å². The lowest BCUT2D eigenvalue weighted by atomic mass is 10.1. The van der Waals surface area contributed by atoms with Gasteiger partial charge in [-0.2, -0.15) is 0 Å². The summed E-state index contributed by atoms with van der Waals surface area (Å²) in [4.78, 5) is 15.1. The summed E-state index contributed by atoms with van der Waals surface area (Å²) < 4.78 is 15.7. The first-order valence-corrected chi connectivity index (χ1v) is 5.55. The Balaban J connectivity index is 2.30. The number of hydrogen-bond acceptors (Lipinski definition) is 2. The predicted octanol–water partition coefficient (Wildman–Crippen LogP) is 1.79. The van der Waals surface area contributed by atoms with Gasteiger partial charge in [-0.1, -0.05) is 6.07 Å². The number of halogens is 1. The van der Waals surface area contributed by atoms with E-state index in [-0.39, 0.29) is 5.56 Å². The minimum atomic E-state index is -0.630. The summed E-state index contributed by atoms with van der Waals surface area (Å²) in [6.45, 7) is 4.22. The molecule has 4 nitrogen and oxygen atoms in total. The number of primary amides is 1. The van der Waals surface area contributed by atoms with E-state index < -0.39 is 11.7 Å². The third-order valence-electron chi connectivity index (χ3n) is 3.02. The minimum absolute atomic E-state index is 0.176. The minimum Gasteiger partial charge on any atom is -0.366 e. The summed E-state index contributed by atoms with van der Waals surface area (Å²) in [5, 5.41) is 0. The van der Waals surface area contributed by atoms with Crippen LogP contribution in [-0.2, 0) is 6.54 Å². The second-order valence-corrected chi connectivity index (χ2v) is 4.21. The summed E-state index contributed by atoms with van der Waals surface area (Å²) in [7, 11) is 0. The lowest BCUT2D eigenvalue weighted by Gasteiger charge is -2.07. The number of nitrogens with zero attached hydrogens (tertiary/aromatic N) is 2.